The van der Waals surface area contributed by atoms with Crippen molar-refractivity contribution in [3.63, 3.8) is 0 Å². The van der Waals surface area contributed by atoms with Crippen molar-refractivity contribution in [3.05, 3.63) is 24.2 Å². The lowest BCUT2D eigenvalue weighted by Crippen LogP contribution is -2.52. The molecule has 5 rings (SSSR count). The highest BCUT2D eigenvalue weighted by molar-refractivity contribution is 7.90. The van der Waals surface area contributed by atoms with Crippen molar-refractivity contribution in [1.29, 1.82) is 0 Å². The van der Waals surface area contributed by atoms with E-state index in [1.807, 2.05) is 10.7 Å². The van der Waals surface area contributed by atoms with Crippen LogP contribution in [-0.2, 0) is 10.0 Å². The Morgan fingerprint density at radius 2 is 2.00 bits per heavy atom. The summed E-state index contributed by atoms with van der Waals surface area (Å²) in [5.41, 5.74) is 2.23. The van der Waals surface area contributed by atoms with Gasteiger partial charge in [0.15, 0.2) is 5.82 Å². The third-order valence-electron chi connectivity index (χ3n) is 5.54. The average molecular weight is 361 g/mol. The molecule has 3 aliphatic rings. The summed E-state index contributed by atoms with van der Waals surface area (Å²) in [5, 5.41) is 4.54. The molecule has 8 heteroatoms. The highest BCUT2D eigenvalue weighted by atomic mass is 32.2. The summed E-state index contributed by atoms with van der Waals surface area (Å²) >= 11 is 0. The molecule has 0 amide bonds. The van der Waals surface area contributed by atoms with E-state index in [0.29, 0.717) is 18.4 Å². The van der Waals surface area contributed by atoms with E-state index in [4.69, 9.17) is 0 Å². The van der Waals surface area contributed by atoms with E-state index >= 15 is 0 Å². The second kappa shape index (κ2) is 5.41. The molecular formula is C17H23N5O2S. The standard InChI is InChI=1S/C17H23N5O2S/c1-20(25(23,24)14-4-5-14)9-12-10-21(11-12)17-16-8-15(13-2-3-13)19-22(16)7-6-18-17/h6-8,12-14H,2-5,9-11H2,1H3. The Bertz CT molecular complexity index is 910. The number of rotatable bonds is 6. The molecule has 0 N–H and O–H groups in total. The van der Waals surface area contributed by atoms with Crippen LogP contribution in [0.5, 0.6) is 0 Å². The van der Waals surface area contributed by atoms with Crippen molar-refractivity contribution in [2.45, 2.75) is 36.9 Å². The lowest BCUT2D eigenvalue weighted by atomic mass is 10.0. The summed E-state index contributed by atoms with van der Waals surface area (Å²) in [7, 11) is -1.35. The Kier molecular flexibility index (Phi) is 3.37. The Balaban J connectivity index is 1.28. The minimum Gasteiger partial charge on any atom is -0.354 e. The lowest BCUT2D eigenvalue weighted by Gasteiger charge is -2.41. The molecule has 1 aliphatic heterocycles. The zero-order valence-corrected chi connectivity index (χ0v) is 15.2. The molecular weight excluding hydrogens is 338 g/mol. The SMILES string of the molecule is CN(CC1CN(c2nccn3nc(C4CC4)cc23)C1)S(=O)(=O)C1CC1. The molecule has 7 nitrogen and oxygen atoms in total. The van der Waals surface area contributed by atoms with E-state index in [-0.39, 0.29) is 5.25 Å². The van der Waals surface area contributed by atoms with Gasteiger partial charge in [0.2, 0.25) is 10.0 Å². The third kappa shape index (κ3) is 2.71. The van der Waals surface area contributed by atoms with Gasteiger partial charge in [0, 0.05) is 50.9 Å². The predicted molar refractivity (Wildman–Crippen MR) is 95.2 cm³/mol. The Labute approximate surface area is 147 Å². The minimum atomic E-state index is -3.07. The van der Waals surface area contributed by atoms with Gasteiger partial charge in [-0.2, -0.15) is 5.10 Å². The first-order valence-corrected chi connectivity index (χ1v) is 10.6. The molecule has 0 atom stereocenters. The lowest BCUT2D eigenvalue weighted by molar-refractivity contribution is 0.326. The first kappa shape index (κ1) is 15.6. The Morgan fingerprint density at radius 3 is 2.68 bits per heavy atom. The van der Waals surface area contributed by atoms with Crippen LogP contribution in [0.4, 0.5) is 5.82 Å². The highest BCUT2D eigenvalue weighted by Gasteiger charge is 2.40. The highest BCUT2D eigenvalue weighted by Crippen LogP contribution is 2.40. The number of aromatic nitrogens is 3. The summed E-state index contributed by atoms with van der Waals surface area (Å²) in [6.45, 7) is 2.30. The summed E-state index contributed by atoms with van der Waals surface area (Å²) in [6, 6.07) is 2.16. The van der Waals surface area contributed by atoms with E-state index in [9.17, 15) is 8.42 Å². The van der Waals surface area contributed by atoms with Gasteiger partial charge in [0.1, 0.15) is 5.52 Å². The van der Waals surface area contributed by atoms with E-state index in [0.717, 1.165) is 37.3 Å². The van der Waals surface area contributed by atoms with Gasteiger partial charge < -0.3 is 4.90 Å². The summed E-state index contributed by atoms with van der Waals surface area (Å²) in [4.78, 5) is 6.79. The zero-order chi connectivity index (χ0) is 17.2. The summed E-state index contributed by atoms with van der Waals surface area (Å²) in [5.74, 6) is 1.95. The van der Waals surface area contributed by atoms with Gasteiger partial charge in [-0.1, -0.05) is 0 Å². The van der Waals surface area contributed by atoms with Gasteiger partial charge in [0.25, 0.3) is 0 Å². The minimum absolute atomic E-state index is 0.128. The fraction of sp³-hybridized carbons (Fsp3) is 0.647. The van der Waals surface area contributed by atoms with Gasteiger partial charge in [-0.15, -0.1) is 0 Å². The fourth-order valence-corrected chi connectivity index (χ4v) is 5.35. The largest absolute Gasteiger partial charge is 0.354 e. The van der Waals surface area contributed by atoms with Crippen LogP contribution in [0, 0.1) is 5.92 Å². The number of sulfonamides is 1. The van der Waals surface area contributed by atoms with Gasteiger partial charge in [-0.3, -0.25) is 0 Å². The smallest absolute Gasteiger partial charge is 0.216 e. The van der Waals surface area contributed by atoms with Crippen LogP contribution in [0.1, 0.15) is 37.3 Å². The van der Waals surface area contributed by atoms with Crippen molar-refractivity contribution in [2.75, 3.05) is 31.6 Å². The predicted octanol–water partition coefficient (Wildman–Crippen LogP) is 1.47. The van der Waals surface area contributed by atoms with Crippen LogP contribution in [0.3, 0.4) is 0 Å². The average Bonchev–Trinajstić information content (AvgIpc) is 3.45. The van der Waals surface area contributed by atoms with E-state index in [1.165, 1.54) is 18.5 Å². The zero-order valence-electron chi connectivity index (χ0n) is 14.4. The molecule has 2 aromatic heterocycles. The molecule has 2 aromatic rings. The fourth-order valence-electron chi connectivity index (χ4n) is 3.70. The molecule has 25 heavy (non-hydrogen) atoms. The van der Waals surface area contributed by atoms with E-state index in [1.54, 1.807) is 17.5 Å². The molecule has 0 spiro atoms. The molecule has 134 valence electrons. The number of hydrogen-bond acceptors (Lipinski definition) is 5. The van der Waals surface area contributed by atoms with Crippen LogP contribution < -0.4 is 4.90 Å². The molecule has 3 heterocycles. The molecule has 2 aliphatic carbocycles. The van der Waals surface area contributed by atoms with Crippen molar-refractivity contribution >= 4 is 21.4 Å². The van der Waals surface area contributed by atoms with Crippen LogP contribution >= 0.6 is 0 Å². The molecule has 1 saturated heterocycles. The van der Waals surface area contributed by atoms with Gasteiger partial charge in [0.05, 0.1) is 10.9 Å². The van der Waals surface area contributed by atoms with Gasteiger partial charge >= 0.3 is 0 Å². The first-order valence-electron chi connectivity index (χ1n) is 9.07. The Hall–Kier alpha value is -1.67. The van der Waals surface area contributed by atoms with E-state index in [2.05, 4.69) is 21.0 Å². The third-order valence-corrected chi connectivity index (χ3v) is 7.87. The number of hydrogen-bond donors (Lipinski definition) is 0. The number of nitrogens with zero attached hydrogens (tertiary/aromatic N) is 5. The van der Waals surface area contributed by atoms with Gasteiger partial charge in [-0.25, -0.2) is 22.2 Å². The maximum atomic E-state index is 12.3. The van der Waals surface area contributed by atoms with Crippen molar-refractivity contribution in [2.24, 2.45) is 5.92 Å². The van der Waals surface area contributed by atoms with Gasteiger partial charge in [-0.05, 0) is 31.7 Å². The summed E-state index contributed by atoms with van der Waals surface area (Å²) < 4.78 is 28.0. The van der Waals surface area contributed by atoms with Crippen molar-refractivity contribution < 1.29 is 8.42 Å². The normalized spacial score (nSPS) is 21.9. The van der Waals surface area contributed by atoms with Crippen LogP contribution in [0.25, 0.3) is 5.52 Å². The monoisotopic (exact) mass is 361 g/mol. The molecule has 2 saturated carbocycles. The Morgan fingerprint density at radius 1 is 1.24 bits per heavy atom. The summed E-state index contributed by atoms with van der Waals surface area (Å²) in [6.07, 6.45) is 7.81. The van der Waals surface area contributed by atoms with Crippen LogP contribution in [-0.4, -0.2) is 59.3 Å². The quantitative estimate of drug-likeness (QED) is 0.779. The van der Waals surface area contributed by atoms with Crippen LogP contribution in [0.15, 0.2) is 18.5 Å². The second-order valence-electron chi connectivity index (χ2n) is 7.72. The topological polar surface area (TPSA) is 70.8 Å². The molecule has 0 radical (unpaired) electrons. The number of fused-ring (bicyclic) bond motifs is 1. The molecule has 0 bridgehead atoms. The maximum absolute atomic E-state index is 12.3. The molecule has 3 fully saturated rings. The second-order valence-corrected chi connectivity index (χ2v) is 10.0. The van der Waals surface area contributed by atoms with Crippen molar-refractivity contribution in [1.82, 2.24) is 18.9 Å². The van der Waals surface area contributed by atoms with Crippen molar-refractivity contribution in [3.8, 4) is 0 Å². The first-order chi connectivity index (χ1) is 12.0. The molecule has 0 unspecified atom stereocenters. The maximum Gasteiger partial charge on any atom is 0.216 e. The van der Waals surface area contributed by atoms with Crippen LogP contribution in [0.2, 0.25) is 0 Å². The van der Waals surface area contributed by atoms with E-state index < -0.39 is 10.0 Å². The molecule has 0 aromatic carbocycles. The number of anilines is 1.